The van der Waals surface area contributed by atoms with Gasteiger partial charge in [0.25, 0.3) is 0 Å². The van der Waals surface area contributed by atoms with Crippen molar-refractivity contribution in [1.29, 1.82) is 0 Å². The second-order valence-corrected chi connectivity index (χ2v) is 6.99. The Labute approximate surface area is 171 Å². The number of aliphatic imine (C=N–C) groups is 1. The summed E-state index contributed by atoms with van der Waals surface area (Å²) in [6.07, 6.45) is 1.59. The average Bonchev–Trinajstić information content (AvgIpc) is 3.19. The molecule has 0 saturated heterocycles. The van der Waals surface area contributed by atoms with Crippen LogP contribution in [0.5, 0.6) is 5.75 Å². The third-order valence-corrected chi connectivity index (χ3v) is 5.00. The Hall–Kier alpha value is -3.70. The van der Waals surface area contributed by atoms with Crippen LogP contribution in [0.15, 0.2) is 77.8 Å². The summed E-state index contributed by atoms with van der Waals surface area (Å²) >= 11 is 5.98. The number of aromatic amines is 1. The van der Waals surface area contributed by atoms with Gasteiger partial charge in [-0.15, -0.1) is 0 Å². The molecule has 0 bridgehead atoms. The molecule has 2 N–H and O–H groups in total. The summed E-state index contributed by atoms with van der Waals surface area (Å²) < 4.78 is 0. The number of hydrogen-bond acceptors (Lipinski definition) is 4. The lowest BCUT2D eigenvalue weighted by molar-refractivity contribution is 0.475. The van der Waals surface area contributed by atoms with Crippen LogP contribution in [0.3, 0.4) is 0 Å². The maximum Gasteiger partial charge on any atom is 0.157 e. The second-order valence-electron chi connectivity index (χ2n) is 6.58. The zero-order valence-corrected chi connectivity index (χ0v) is 15.9. The zero-order chi connectivity index (χ0) is 19.8. The van der Waals surface area contributed by atoms with Gasteiger partial charge in [-0.2, -0.15) is 0 Å². The normalized spacial score (nSPS) is 11.6. The molecule has 0 unspecified atom stereocenters. The predicted molar refractivity (Wildman–Crippen MR) is 117 cm³/mol. The molecule has 140 valence electrons. The summed E-state index contributed by atoms with van der Waals surface area (Å²) in [6.45, 7) is 0. The van der Waals surface area contributed by atoms with E-state index in [1.54, 1.807) is 24.4 Å². The number of para-hydroxylation sites is 4. The summed E-state index contributed by atoms with van der Waals surface area (Å²) in [4.78, 5) is 17.3. The first-order valence-corrected chi connectivity index (χ1v) is 9.43. The van der Waals surface area contributed by atoms with E-state index in [9.17, 15) is 5.11 Å². The van der Waals surface area contributed by atoms with Gasteiger partial charge in [-0.05, 0) is 36.4 Å². The van der Waals surface area contributed by atoms with Crippen molar-refractivity contribution in [2.75, 3.05) is 0 Å². The van der Waals surface area contributed by atoms with E-state index in [0.717, 1.165) is 27.6 Å². The molecule has 3 aromatic carbocycles. The highest BCUT2D eigenvalue weighted by atomic mass is 35.5. The topological polar surface area (TPSA) is 74.2 Å². The van der Waals surface area contributed by atoms with Gasteiger partial charge < -0.3 is 10.1 Å². The molecule has 5 rings (SSSR count). The van der Waals surface area contributed by atoms with E-state index in [0.29, 0.717) is 17.1 Å². The fourth-order valence-corrected chi connectivity index (χ4v) is 3.40. The fraction of sp³-hybridized carbons (Fsp3) is 0. The number of fused-ring (bicyclic) bond motifs is 2. The lowest BCUT2D eigenvalue weighted by Gasteiger charge is -2.04. The van der Waals surface area contributed by atoms with Gasteiger partial charge in [-0.3, -0.25) is 4.99 Å². The summed E-state index contributed by atoms with van der Waals surface area (Å²) in [5, 5.41) is 11.4. The lowest BCUT2D eigenvalue weighted by Crippen LogP contribution is -1.88. The molecule has 0 fully saturated rings. The number of hydrogen-bond donors (Lipinski definition) is 2. The van der Waals surface area contributed by atoms with Crippen LogP contribution < -0.4 is 0 Å². The van der Waals surface area contributed by atoms with Gasteiger partial charge in [-0.25, -0.2) is 9.97 Å². The van der Waals surface area contributed by atoms with Crippen molar-refractivity contribution in [1.82, 2.24) is 15.0 Å². The molecule has 0 spiro atoms. The lowest BCUT2D eigenvalue weighted by atomic mass is 10.1. The molecule has 0 saturated carbocycles. The Kier molecular flexibility index (Phi) is 4.22. The molecule has 5 nitrogen and oxygen atoms in total. The molecular weight excluding hydrogens is 384 g/mol. The first-order valence-electron chi connectivity index (χ1n) is 9.05. The van der Waals surface area contributed by atoms with Crippen LogP contribution in [-0.4, -0.2) is 26.3 Å². The van der Waals surface area contributed by atoms with Gasteiger partial charge in [0.1, 0.15) is 11.4 Å². The van der Waals surface area contributed by atoms with Crippen LogP contribution in [0.2, 0.25) is 5.02 Å². The smallest absolute Gasteiger partial charge is 0.157 e. The number of rotatable bonds is 3. The van der Waals surface area contributed by atoms with Crippen LogP contribution in [0, 0.1) is 0 Å². The zero-order valence-electron chi connectivity index (χ0n) is 15.2. The van der Waals surface area contributed by atoms with Gasteiger partial charge in [0.05, 0.1) is 27.3 Å². The molecule has 2 heterocycles. The van der Waals surface area contributed by atoms with Crippen molar-refractivity contribution >= 4 is 45.4 Å². The number of benzene rings is 3. The molecule has 0 radical (unpaired) electrons. The average molecular weight is 399 g/mol. The molecule has 0 aliphatic heterocycles. The molecule has 0 aliphatic carbocycles. The van der Waals surface area contributed by atoms with E-state index in [1.165, 1.54) is 0 Å². The monoisotopic (exact) mass is 398 g/mol. The van der Waals surface area contributed by atoms with Crippen LogP contribution in [0.4, 0.5) is 5.69 Å². The second kappa shape index (κ2) is 7.04. The van der Waals surface area contributed by atoms with Crippen LogP contribution in [0.25, 0.3) is 33.5 Å². The highest BCUT2D eigenvalue weighted by Gasteiger charge is 2.09. The van der Waals surface area contributed by atoms with Crippen molar-refractivity contribution in [3.8, 4) is 17.3 Å². The van der Waals surface area contributed by atoms with Gasteiger partial charge in [0.15, 0.2) is 5.82 Å². The van der Waals surface area contributed by atoms with E-state index in [4.69, 9.17) is 16.6 Å². The molecule has 5 aromatic rings. The van der Waals surface area contributed by atoms with Crippen LogP contribution >= 0.6 is 11.6 Å². The number of nitrogens with zero attached hydrogens (tertiary/aromatic N) is 3. The molecule has 0 amide bonds. The molecular formula is C23H15ClN4O. The summed E-state index contributed by atoms with van der Waals surface area (Å²) in [5.74, 6) is 0.716. The number of imidazole rings is 1. The molecule has 0 aliphatic rings. The van der Waals surface area contributed by atoms with Crippen LogP contribution in [-0.2, 0) is 0 Å². The highest BCUT2D eigenvalue weighted by molar-refractivity contribution is 6.32. The van der Waals surface area contributed by atoms with Crippen molar-refractivity contribution in [2.24, 2.45) is 4.99 Å². The number of phenolic OH excluding ortho intramolecular Hbond substituents is 1. The van der Waals surface area contributed by atoms with Crippen molar-refractivity contribution in [3.05, 3.63) is 83.4 Å². The fourth-order valence-electron chi connectivity index (χ4n) is 3.22. The van der Waals surface area contributed by atoms with Gasteiger partial charge in [-0.1, -0.05) is 48.0 Å². The van der Waals surface area contributed by atoms with Crippen molar-refractivity contribution < 1.29 is 5.11 Å². The number of nitrogens with one attached hydrogen (secondary N) is 1. The van der Waals surface area contributed by atoms with Gasteiger partial charge in [0, 0.05) is 17.2 Å². The maximum absolute atomic E-state index is 10.1. The number of halogens is 1. The van der Waals surface area contributed by atoms with Crippen molar-refractivity contribution in [3.63, 3.8) is 0 Å². The third kappa shape index (κ3) is 3.22. The highest BCUT2D eigenvalue weighted by Crippen LogP contribution is 2.29. The third-order valence-electron chi connectivity index (χ3n) is 4.69. The van der Waals surface area contributed by atoms with Crippen LogP contribution in [0.1, 0.15) is 5.56 Å². The Bertz CT molecular complexity index is 1360. The molecule has 2 aromatic heterocycles. The number of aromatic nitrogens is 3. The van der Waals surface area contributed by atoms with Crippen molar-refractivity contribution in [2.45, 2.75) is 0 Å². The van der Waals surface area contributed by atoms with E-state index in [1.807, 2.05) is 54.6 Å². The first kappa shape index (κ1) is 17.4. The van der Waals surface area contributed by atoms with E-state index in [2.05, 4.69) is 15.0 Å². The van der Waals surface area contributed by atoms with Gasteiger partial charge in [0.2, 0.25) is 0 Å². The minimum absolute atomic E-state index is 0.00840. The maximum atomic E-state index is 10.1. The Balaban J connectivity index is 1.60. The number of H-pyrrole nitrogens is 1. The Morgan fingerprint density at radius 3 is 2.66 bits per heavy atom. The summed E-state index contributed by atoms with van der Waals surface area (Å²) in [7, 11) is 0. The Morgan fingerprint density at radius 1 is 0.897 bits per heavy atom. The molecule has 6 heteroatoms. The SMILES string of the molecule is Oc1c(Cl)cccc1C=Nc1cccc2ccc(-c3nc4ccccc4[nH]3)nc12. The van der Waals surface area contributed by atoms with E-state index in [-0.39, 0.29) is 10.8 Å². The number of aromatic hydroxyl groups is 1. The molecule has 29 heavy (non-hydrogen) atoms. The largest absolute Gasteiger partial charge is 0.506 e. The standard InChI is InChI=1S/C23H15ClN4O/c24-16-7-3-6-15(22(16)29)13-25-19-10-4-5-14-11-12-20(26-21(14)19)23-27-17-8-1-2-9-18(17)28-23/h1-13,29H,(H,27,28). The first-order chi connectivity index (χ1) is 14.2. The van der Waals surface area contributed by atoms with Gasteiger partial charge >= 0.3 is 0 Å². The Morgan fingerprint density at radius 2 is 1.76 bits per heavy atom. The van der Waals surface area contributed by atoms with E-state index < -0.39 is 0 Å². The predicted octanol–water partition coefficient (Wildman–Crippen LogP) is 5.89. The number of pyridine rings is 1. The molecule has 0 atom stereocenters. The van der Waals surface area contributed by atoms with E-state index >= 15 is 0 Å². The quantitative estimate of drug-likeness (QED) is 0.372. The number of phenols is 1. The summed E-state index contributed by atoms with van der Waals surface area (Å²) in [5.41, 5.74) is 4.59. The summed E-state index contributed by atoms with van der Waals surface area (Å²) in [6, 6.07) is 22.8. The minimum atomic E-state index is 0.00840. The minimum Gasteiger partial charge on any atom is -0.506 e.